The third-order valence-corrected chi connectivity index (χ3v) is 3.22. The van der Waals surface area contributed by atoms with Crippen LogP contribution in [0.4, 0.5) is 0 Å². The topological polar surface area (TPSA) is 15.3 Å². The van der Waals surface area contributed by atoms with Gasteiger partial charge in [-0.25, -0.2) is 0 Å². The molecule has 0 aromatic carbocycles. The van der Waals surface area contributed by atoms with Gasteiger partial charge in [-0.05, 0) is 41.2 Å². The van der Waals surface area contributed by atoms with Crippen molar-refractivity contribution in [1.29, 1.82) is 0 Å². The quantitative estimate of drug-likeness (QED) is 0.675. The maximum absolute atomic E-state index is 3.40. The van der Waals surface area contributed by atoms with E-state index in [2.05, 4.69) is 45.0 Å². The molecule has 1 fully saturated rings. The standard InChI is InChI=1S/C10H22N2/c1-8(2)12-7-6-9(11-5)10(12,3)4/h8-9,11H,6-7H2,1-5H3. The van der Waals surface area contributed by atoms with Gasteiger partial charge in [0.2, 0.25) is 0 Å². The first-order valence-electron chi connectivity index (χ1n) is 4.94. The van der Waals surface area contributed by atoms with Gasteiger partial charge in [-0.15, -0.1) is 0 Å². The first kappa shape index (κ1) is 10.0. The molecule has 1 aliphatic heterocycles. The lowest BCUT2D eigenvalue weighted by Gasteiger charge is -2.38. The Balaban J connectivity index is 2.70. The predicted octanol–water partition coefficient (Wildman–Crippen LogP) is 1.47. The highest BCUT2D eigenvalue weighted by Crippen LogP contribution is 2.30. The van der Waals surface area contributed by atoms with E-state index in [1.807, 2.05) is 0 Å². The smallest absolute Gasteiger partial charge is 0.0309 e. The van der Waals surface area contributed by atoms with Gasteiger partial charge in [0.25, 0.3) is 0 Å². The van der Waals surface area contributed by atoms with E-state index in [0.717, 1.165) is 0 Å². The molecule has 0 spiro atoms. The summed E-state index contributed by atoms with van der Waals surface area (Å²) in [6.07, 6.45) is 1.28. The van der Waals surface area contributed by atoms with E-state index in [1.165, 1.54) is 13.0 Å². The van der Waals surface area contributed by atoms with Crippen LogP contribution in [-0.2, 0) is 0 Å². The zero-order valence-electron chi connectivity index (χ0n) is 9.02. The fourth-order valence-corrected chi connectivity index (χ4v) is 2.53. The summed E-state index contributed by atoms with van der Waals surface area (Å²) in [7, 11) is 2.07. The fraction of sp³-hybridized carbons (Fsp3) is 1.00. The molecule has 0 aromatic rings. The summed E-state index contributed by atoms with van der Waals surface area (Å²) in [5.41, 5.74) is 0.322. The minimum atomic E-state index is 0.322. The summed E-state index contributed by atoms with van der Waals surface area (Å²) in [6, 6.07) is 1.32. The van der Waals surface area contributed by atoms with Crippen LogP contribution in [-0.4, -0.2) is 36.1 Å². The van der Waals surface area contributed by atoms with Crippen molar-refractivity contribution in [2.45, 2.75) is 51.7 Å². The average molecular weight is 170 g/mol. The van der Waals surface area contributed by atoms with Gasteiger partial charge in [-0.1, -0.05) is 0 Å². The molecule has 1 saturated heterocycles. The van der Waals surface area contributed by atoms with Crippen LogP contribution in [0.25, 0.3) is 0 Å². The van der Waals surface area contributed by atoms with E-state index in [9.17, 15) is 0 Å². The Hall–Kier alpha value is -0.0800. The van der Waals surface area contributed by atoms with Crippen LogP contribution in [0.2, 0.25) is 0 Å². The zero-order valence-corrected chi connectivity index (χ0v) is 9.02. The summed E-state index contributed by atoms with van der Waals surface area (Å²) in [5, 5.41) is 3.40. The Morgan fingerprint density at radius 2 is 2.00 bits per heavy atom. The van der Waals surface area contributed by atoms with Crippen LogP contribution in [0.3, 0.4) is 0 Å². The van der Waals surface area contributed by atoms with Gasteiger partial charge in [-0.2, -0.15) is 0 Å². The van der Waals surface area contributed by atoms with Gasteiger partial charge in [0.15, 0.2) is 0 Å². The molecule has 12 heavy (non-hydrogen) atoms. The Bertz CT molecular complexity index is 152. The lowest BCUT2D eigenvalue weighted by molar-refractivity contribution is 0.118. The van der Waals surface area contributed by atoms with Crippen molar-refractivity contribution in [2.24, 2.45) is 0 Å². The van der Waals surface area contributed by atoms with Crippen LogP contribution in [0, 0.1) is 0 Å². The molecular formula is C10H22N2. The molecule has 0 aromatic heterocycles. The molecule has 2 nitrogen and oxygen atoms in total. The molecule has 1 unspecified atom stereocenters. The Kier molecular flexibility index (Phi) is 2.79. The molecular weight excluding hydrogens is 148 g/mol. The van der Waals surface area contributed by atoms with E-state index < -0.39 is 0 Å². The molecule has 1 rings (SSSR count). The second-order valence-corrected chi connectivity index (χ2v) is 4.57. The summed E-state index contributed by atoms with van der Waals surface area (Å²) in [4.78, 5) is 2.58. The van der Waals surface area contributed by atoms with E-state index in [1.54, 1.807) is 0 Å². The van der Waals surface area contributed by atoms with Gasteiger partial charge in [0.1, 0.15) is 0 Å². The lowest BCUT2D eigenvalue weighted by Crippen LogP contribution is -2.52. The number of hydrogen-bond acceptors (Lipinski definition) is 2. The number of hydrogen-bond donors (Lipinski definition) is 1. The van der Waals surface area contributed by atoms with Crippen molar-refractivity contribution in [3.8, 4) is 0 Å². The van der Waals surface area contributed by atoms with Crippen LogP contribution in [0.5, 0.6) is 0 Å². The highest BCUT2D eigenvalue weighted by molar-refractivity contribution is 5.00. The van der Waals surface area contributed by atoms with E-state index in [0.29, 0.717) is 17.6 Å². The largest absolute Gasteiger partial charge is 0.315 e. The van der Waals surface area contributed by atoms with Gasteiger partial charge >= 0.3 is 0 Å². The third-order valence-electron chi connectivity index (χ3n) is 3.22. The maximum atomic E-state index is 3.40. The summed E-state index contributed by atoms with van der Waals surface area (Å²) in [5.74, 6) is 0. The van der Waals surface area contributed by atoms with Gasteiger partial charge in [0.05, 0.1) is 0 Å². The number of likely N-dealkylation sites (tertiary alicyclic amines) is 1. The van der Waals surface area contributed by atoms with E-state index in [-0.39, 0.29) is 0 Å². The van der Waals surface area contributed by atoms with Crippen LogP contribution in [0.1, 0.15) is 34.1 Å². The predicted molar refractivity (Wildman–Crippen MR) is 53.4 cm³/mol. The highest BCUT2D eigenvalue weighted by atomic mass is 15.3. The number of nitrogens with one attached hydrogen (secondary N) is 1. The number of rotatable bonds is 2. The minimum Gasteiger partial charge on any atom is -0.315 e. The third kappa shape index (κ3) is 1.50. The molecule has 1 N–H and O–H groups in total. The van der Waals surface area contributed by atoms with Crippen molar-refractivity contribution >= 4 is 0 Å². The van der Waals surface area contributed by atoms with E-state index in [4.69, 9.17) is 0 Å². The van der Waals surface area contributed by atoms with Gasteiger partial charge in [0, 0.05) is 24.2 Å². The molecule has 0 radical (unpaired) electrons. The maximum Gasteiger partial charge on any atom is 0.0309 e. The normalized spacial score (nSPS) is 30.0. The van der Waals surface area contributed by atoms with Crippen LogP contribution >= 0.6 is 0 Å². The lowest BCUT2D eigenvalue weighted by atomic mass is 9.95. The van der Waals surface area contributed by atoms with Crippen molar-refractivity contribution in [3.05, 3.63) is 0 Å². The van der Waals surface area contributed by atoms with Crippen LogP contribution < -0.4 is 5.32 Å². The molecule has 0 amide bonds. The summed E-state index contributed by atoms with van der Waals surface area (Å²) in [6.45, 7) is 10.5. The average Bonchev–Trinajstić information content (AvgIpc) is 2.24. The van der Waals surface area contributed by atoms with Crippen LogP contribution in [0.15, 0.2) is 0 Å². The van der Waals surface area contributed by atoms with Gasteiger partial charge in [-0.3, -0.25) is 4.90 Å². The van der Waals surface area contributed by atoms with Crippen molar-refractivity contribution in [2.75, 3.05) is 13.6 Å². The first-order chi connectivity index (χ1) is 5.50. The fourth-order valence-electron chi connectivity index (χ4n) is 2.53. The Morgan fingerprint density at radius 1 is 1.42 bits per heavy atom. The number of nitrogens with zero attached hydrogens (tertiary/aromatic N) is 1. The second-order valence-electron chi connectivity index (χ2n) is 4.57. The van der Waals surface area contributed by atoms with Crippen molar-refractivity contribution in [1.82, 2.24) is 10.2 Å². The molecule has 0 bridgehead atoms. The highest BCUT2D eigenvalue weighted by Gasteiger charge is 2.41. The second kappa shape index (κ2) is 3.35. The minimum absolute atomic E-state index is 0.322. The number of likely N-dealkylation sites (N-methyl/N-ethyl adjacent to an activating group) is 1. The van der Waals surface area contributed by atoms with Crippen molar-refractivity contribution in [3.63, 3.8) is 0 Å². The molecule has 0 aliphatic carbocycles. The summed E-state index contributed by atoms with van der Waals surface area (Å²) < 4.78 is 0. The zero-order chi connectivity index (χ0) is 9.35. The first-order valence-corrected chi connectivity index (χ1v) is 4.94. The van der Waals surface area contributed by atoms with Gasteiger partial charge < -0.3 is 5.32 Å². The molecule has 1 atom stereocenters. The molecule has 1 aliphatic rings. The van der Waals surface area contributed by atoms with E-state index >= 15 is 0 Å². The summed E-state index contributed by atoms with van der Waals surface area (Å²) >= 11 is 0. The Labute approximate surface area is 76.3 Å². The Morgan fingerprint density at radius 3 is 2.25 bits per heavy atom. The monoisotopic (exact) mass is 170 g/mol. The molecule has 0 saturated carbocycles. The molecule has 1 heterocycles. The SMILES string of the molecule is CNC1CCN(C(C)C)C1(C)C. The van der Waals surface area contributed by atoms with Crippen molar-refractivity contribution < 1.29 is 0 Å². The molecule has 72 valence electrons. The molecule has 2 heteroatoms.